The largest absolute Gasteiger partial charge is 0.496 e. The summed E-state index contributed by atoms with van der Waals surface area (Å²) in [6, 6.07) is 4.88. The molecule has 1 aliphatic rings. The molecule has 0 atom stereocenters. The lowest BCUT2D eigenvalue weighted by atomic mass is 9.86. The number of methoxy groups -OCH3 is 1. The van der Waals surface area contributed by atoms with Crippen LogP contribution < -0.4 is 10.1 Å². The van der Waals surface area contributed by atoms with Gasteiger partial charge in [0.2, 0.25) is 0 Å². The van der Waals surface area contributed by atoms with Gasteiger partial charge < -0.3 is 15.2 Å². The highest BCUT2D eigenvalue weighted by molar-refractivity contribution is 6.31. The maximum Gasteiger partial charge on any atom is 0.306 e. The molecule has 1 saturated carbocycles. The third kappa shape index (κ3) is 3.88. The van der Waals surface area contributed by atoms with Crippen LogP contribution in [-0.2, 0) is 4.79 Å². The van der Waals surface area contributed by atoms with Gasteiger partial charge in [-0.25, -0.2) is 0 Å². The number of rotatable bonds is 4. The Morgan fingerprint density at radius 1 is 1.29 bits per heavy atom. The van der Waals surface area contributed by atoms with Gasteiger partial charge in [-0.1, -0.05) is 11.6 Å². The van der Waals surface area contributed by atoms with Gasteiger partial charge in [-0.05, 0) is 43.9 Å². The summed E-state index contributed by atoms with van der Waals surface area (Å²) in [6.45, 7) is 0. The number of hydrogen-bond donors (Lipinski definition) is 2. The van der Waals surface area contributed by atoms with Crippen LogP contribution in [0.3, 0.4) is 0 Å². The van der Waals surface area contributed by atoms with Crippen LogP contribution >= 0.6 is 11.6 Å². The van der Waals surface area contributed by atoms with Crippen molar-refractivity contribution in [2.45, 2.75) is 31.7 Å². The van der Waals surface area contributed by atoms with Crippen LogP contribution in [0.15, 0.2) is 18.2 Å². The zero-order valence-electron chi connectivity index (χ0n) is 11.8. The van der Waals surface area contributed by atoms with Crippen molar-refractivity contribution in [1.29, 1.82) is 0 Å². The van der Waals surface area contributed by atoms with Crippen LogP contribution in [0.5, 0.6) is 5.75 Å². The van der Waals surface area contributed by atoms with E-state index in [-0.39, 0.29) is 17.9 Å². The molecule has 0 unspecified atom stereocenters. The quantitative estimate of drug-likeness (QED) is 0.896. The monoisotopic (exact) mass is 311 g/mol. The van der Waals surface area contributed by atoms with Gasteiger partial charge in [0.05, 0.1) is 18.6 Å². The van der Waals surface area contributed by atoms with E-state index in [1.165, 1.54) is 7.11 Å². The van der Waals surface area contributed by atoms with E-state index in [4.69, 9.17) is 21.4 Å². The average Bonchev–Trinajstić information content (AvgIpc) is 2.47. The lowest BCUT2D eigenvalue weighted by Gasteiger charge is -2.27. The van der Waals surface area contributed by atoms with Crippen LogP contribution in [0.2, 0.25) is 5.02 Å². The molecule has 21 heavy (non-hydrogen) atoms. The first-order valence-electron chi connectivity index (χ1n) is 6.88. The van der Waals surface area contributed by atoms with Crippen molar-refractivity contribution < 1.29 is 19.4 Å². The van der Waals surface area contributed by atoms with Crippen molar-refractivity contribution in [3.05, 3.63) is 28.8 Å². The van der Waals surface area contributed by atoms with Gasteiger partial charge >= 0.3 is 5.97 Å². The van der Waals surface area contributed by atoms with E-state index in [9.17, 15) is 9.59 Å². The summed E-state index contributed by atoms with van der Waals surface area (Å²) >= 11 is 5.91. The fourth-order valence-corrected chi connectivity index (χ4v) is 2.78. The number of benzene rings is 1. The number of hydrogen-bond acceptors (Lipinski definition) is 3. The SMILES string of the molecule is COc1ccc(Cl)cc1C(=O)NC1CCC(C(=O)O)CC1. The Balaban J connectivity index is 1.99. The van der Waals surface area contributed by atoms with Crippen molar-refractivity contribution in [2.24, 2.45) is 5.92 Å². The lowest BCUT2D eigenvalue weighted by Crippen LogP contribution is -2.38. The van der Waals surface area contributed by atoms with E-state index in [0.29, 0.717) is 42.0 Å². The molecule has 2 N–H and O–H groups in total. The summed E-state index contributed by atoms with van der Waals surface area (Å²) in [5.74, 6) is -0.820. The van der Waals surface area contributed by atoms with Crippen LogP contribution in [-0.4, -0.2) is 30.1 Å². The molecule has 0 heterocycles. The molecule has 0 radical (unpaired) electrons. The number of amides is 1. The molecule has 6 heteroatoms. The van der Waals surface area contributed by atoms with Gasteiger partial charge in [0.15, 0.2) is 0 Å². The summed E-state index contributed by atoms with van der Waals surface area (Å²) in [6.07, 6.45) is 2.52. The maximum atomic E-state index is 12.3. The zero-order valence-corrected chi connectivity index (χ0v) is 12.5. The lowest BCUT2D eigenvalue weighted by molar-refractivity contribution is -0.142. The fraction of sp³-hybridized carbons (Fsp3) is 0.467. The number of carboxylic acid groups (broad SMARTS) is 1. The highest BCUT2D eigenvalue weighted by Gasteiger charge is 2.27. The van der Waals surface area contributed by atoms with E-state index in [1.54, 1.807) is 18.2 Å². The van der Waals surface area contributed by atoms with E-state index in [0.717, 1.165) is 0 Å². The van der Waals surface area contributed by atoms with Gasteiger partial charge in [-0.3, -0.25) is 9.59 Å². The Bertz CT molecular complexity index is 538. The Labute approximate surface area is 128 Å². The molecule has 1 aromatic carbocycles. The normalized spacial score (nSPS) is 21.6. The van der Waals surface area contributed by atoms with E-state index >= 15 is 0 Å². The molecular formula is C15H18ClNO4. The zero-order chi connectivity index (χ0) is 15.4. The smallest absolute Gasteiger partial charge is 0.306 e. The van der Waals surface area contributed by atoms with Crippen molar-refractivity contribution in [2.75, 3.05) is 7.11 Å². The number of aliphatic carboxylic acids is 1. The van der Waals surface area contributed by atoms with Gasteiger partial charge in [0.25, 0.3) is 5.91 Å². The van der Waals surface area contributed by atoms with Gasteiger partial charge in [-0.15, -0.1) is 0 Å². The van der Waals surface area contributed by atoms with Crippen LogP contribution in [0.25, 0.3) is 0 Å². The molecular weight excluding hydrogens is 294 g/mol. The topological polar surface area (TPSA) is 75.6 Å². The average molecular weight is 312 g/mol. The van der Waals surface area contributed by atoms with E-state index in [1.807, 2.05) is 0 Å². The van der Waals surface area contributed by atoms with Gasteiger partial charge in [0.1, 0.15) is 5.75 Å². The summed E-state index contributed by atoms with van der Waals surface area (Å²) in [7, 11) is 1.50. The first kappa shape index (κ1) is 15.6. The highest BCUT2D eigenvalue weighted by atomic mass is 35.5. The summed E-state index contributed by atoms with van der Waals surface area (Å²) in [4.78, 5) is 23.2. The van der Waals surface area contributed by atoms with Crippen LogP contribution in [0.4, 0.5) is 0 Å². The number of carboxylic acids is 1. The fourth-order valence-electron chi connectivity index (χ4n) is 2.61. The molecule has 1 aromatic rings. The van der Waals surface area contributed by atoms with Crippen molar-refractivity contribution in [3.8, 4) is 5.75 Å². The van der Waals surface area contributed by atoms with Crippen molar-refractivity contribution in [3.63, 3.8) is 0 Å². The Kier molecular flexibility index (Phi) is 5.07. The van der Waals surface area contributed by atoms with Gasteiger partial charge in [0, 0.05) is 11.1 Å². The first-order valence-corrected chi connectivity index (χ1v) is 7.26. The van der Waals surface area contributed by atoms with Crippen LogP contribution in [0.1, 0.15) is 36.0 Å². The number of carbonyl (C=O) groups excluding carboxylic acids is 1. The molecule has 1 amide bonds. The van der Waals surface area contributed by atoms with Gasteiger partial charge in [-0.2, -0.15) is 0 Å². The standard InChI is InChI=1S/C15H18ClNO4/c1-21-13-7-4-10(16)8-12(13)14(18)17-11-5-2-9(3-6-11)15(19)20/h4,7-9,11H,2-3,5-6H2,1H3,(H,17,18)(H,19,20). The first-order chi connectivity index (χ1) is 10.0. The molecule has 0 bridgehead atoms. The molecule has 1 fully saturated rings. The summed E-state index contributed by atoms with van der Waals surface area (Å²) < 4.78 is 5.16. The van der Waals surface area contributed by atoms with Crippen molar-refractivity contribution in [1.82, 2.24) is 5.32 Å². The number of ether oxygens (including phenoxy) is 1. The molecule has 0 aliphatic heterocycles. The second kappa shape index (κ2) is 6.80. The third-order valence-corrected chi connectivity index (χ3v) is 4.05. The number of halogens is 1. The Morgan fingerprint density at radius 3 is 2.52 bits per heavy atom. The number of nitrogens with one attached hydrogen (secondary N) is 1. The third-order valence-electron chi connectivity index (χ3n) is 3.82. The summed E-state index contributed by atoms with van der Waals surface area (Å²) in [5.41, 5.74) is 0.394. The Morgan fingerprint density at radius 2 is 1.95 bits per heavy atom. The summed E-state index contributed by atoms with van der Waals surface area (Å²) in [5, 5.41) is 12.4. The van der Waals surface area contributed by atoms with E-state index in [2.05, 4.69) is 5.32 Å². The minimum atomic E-state index is -0.753. The Hall–Kier alpha value is -1.75. The molecule has 0 saturated heterocycles. The molecule has 2 rings (SSSR count). The predicted molar refractivity (Wildman–Crippen MR) is 78.9 cm³/mol. The molecule has 0 spiro atoms. The van der Waals surface area contributed by atoms with Crippen LogP contribution in [0, 0.1) is 5.92 Å². The van der Waals surface area contributed by atoms with E-state index < -0.39 is 5.97 Å². The second-order valence-electron chi connectivity index (χ2n) is 5.20. The number of carbonyl (C=O) groups is 2. The second-order valence-corrected chi connectivity index (χ2v) is 5.64. The molecule has 1 aliphatic carbocycles. The molecule has 5 nitrogen and oxygen atoms in total. The highest BCUT2D eigenvalue weighted by Crippen LogP contribution is 2.26. The predicted octanol–water partition coefficient (Wildman–Crippen LogP) is 2.72. The molecule has 0 aromatic heterocycles. The minimum absolute atomic E-state index is 0.00297. The minimum Gasteiger partial charge on any atom is -0.496 e. The molecule has 114 valence electrons. The maximum absolute atomic E-state index is 12.3. The van der Waals surface area contributed by atoms with Crippen molar-refractivity contribution >= 4 is 23.5 Å².